The van der Waals surface area contributed by atoms with Crippen LogP contribution in [-0.2, 0) is 13.1 Å². The van der Waals surface area contributed by atoms with E-state index in [0.29, 0.717) is 0 Å². The molecule has 2 nitrogen and oxygen atoms in total. The van der Waals surface area contributed by atoms with Crippen LogP contribution in [0.2, 0.25) is 0 Å². The molecule has 0 saturated carbocycles. The number of aryl methyl sites for hydroxylation is 4. The first kappa shape index (κ1) is 27.6. The van der Waals surface area contributed by atoms with E-state index in [1.54, 1.807) is 0 Å². The number of aromatic nitrogens is 2. The van der Waals surface area contributed by atoms with Crippen LogP contribution >= 0.6 is 17.0 Å². The van der Waals surface area contributed by atoms with Crippen LogP contribution in [0.1, 0.15) is 48.2 Å². The molecule has 0 aliphatic rings. The smallest absolute Gasteiger partial charge is 0.178 e. The van der Waals surface area contributed by atoms with Crippen molar-refractivity contribution in [2.45, 2.75) is 52.6 Å². The second-order valence-corrected chi connectivity index (χ2v) is 7.46. The molecule has 3 rings (SSSR count). The minimum atomic E-state index is 0. The van der Waals surface area contributed by atoms with E-state index in [0.717, 1.165) is 49.9 Å². The lowest BCUT2D eigenvalue weighted by molar-refractivity contribution is -0.703. The maximum atomic E-state index is 3.30. The van der Waals surface area contributed by atoms with E-state index in [1.165, 1.54) is 11.4 Å². The van der Waals surface area contributed by atoms with Crippen LogP contribution in [0.5, 0.6) is 0 Å². The van der Waals surface area contributed by atoms with Crippen LogP contribution in [-0.4, -0.2) is 0 Å². The molecule has 0 unspecified atom stereocenters. The average molecular weight is 555 g/mol. The molecule has 0 aliphatic carbocycles. The summed E-state index contributed by atoms with van der Waals surface area (Å²) in [7, 11) is 0. The molecule has 2 heterocycles. The van der Waals surface area contributed by atoms with Gasteiger partial charge in [0.2, 0.25) is 0 Å². The zero-order chi connectivity index (χ0) is 21.0. The molecule has 0 N–H and O–H groups in total. The lowest BCUT2D eigenvalue weighted by Crippen LogP contribution is -3.00. The molecular weight excluding hydrogens is 524 g/mol. The molecule has 0 fully saturated rings. The summed E-state index contributed by atoms with van der Waals surface area (Å²) in [5.74, 6) is 13.2. The maximum absolute atomic E-state index is 3.30. The normalized spacial score (nSPS) is 9.31. The maximum Gasteiger partial charge on any atom is 0.178 e. The third-order valence-corrected chi connectivity index (χ3v) is 5.06. The van der Waals surface area contributed by atoms with Crippen molar-refractivity contribution in [3.8, 4) is 23.7 Å². The number of unbranched alkanes of at least 4 members (excludes halogenated alkanes) is 2. The molecule has 0 radical (unpaired) electrons. The Balaban J connectivity index is 0.00000256. The number of hydrogen-bond acceptors (Lipinski definition) is 0. The zero-order valence-corrected chi connectivity index (χ0v) is 22.2. The molecule has 2 aromatic heterocycles. The summed E-state index contributed by atoms with van der Waals surface area (Å²) in [4.78, 5) is 0. The first-order valence-electron chi connectivity index (χ1n) is 10.7. The van der Waals surface area contributed by atoms with Gasteiger partial charge in [0.25, 0.3) is 0 Å². The Labute approximate surface area is 214 Å². The summed E-state index contributed by atoms with van der Waals surface area (Å²) in [6.45, 7) is 6.29. The van der Waals surface area contributed by atoms with E-state index >= 15 is 0 Å². The monoisotopic (exact) mass is 553 g/mol. The van der Waals surface area contributed by atoms with Gasteiger partial charge in [-0.05, 0) is 18.2 Å². The van der Waals surface area contributed by atoms with Crippen molar-refractivity contribution in [3.05, 3.63) is 95.6 Å². The molecule has 0 spiro atoms. The van der Waals surface area contributed by atoms with E-state index < -0.39 is 0 Å². The van der Waals surface area contributed by atoms with Gasteiger partial charge in [-0.25, -0.2) is 9.13 Å². The fraction of sp³-hybridized carbons (Fsp3) is 0.286. The van der Waals surface area contributed by atoms with Gasteiger partial charge in [0.1, 0.15) is 13.1 Å². The molecule has 3 aromatic rings. The third-order valence-electron chi connectivity index (χ3n) is 5.06. The number of hydrogen-bond donors (Lipinski definition) is 0. The van der Waals surface area contributed by atoms with Crippen molar-refractivity contribution in [3.63, 3.8) is 0 Å². The van der Waals surface area contributed by atoms with Crippen LogP contribution in [0.4, 0.5) is 0 Å². The van der Waals surface area contributed by atoms with Crippen LogP contribution in [0.3, 0.4) is 0 Å². The fourth-order valence-electron chi connectivity index (χ4n) is 3.30. The van der Waals surface area contributed by atoms with Crippen LogP contribution in [0.15, 0.2) is 73.1 Å². The quantitative estimate of drug-likeness (QED) is 0.250. The third kappa shape index (κ3) is 9.39. The van der Waals surface area contributed by atoms with Gasteiger partial charge in [0.05, 0.1) is 0 Å². The molecule has 0 atom stereocenters. The first-order chi connectivity index (χ1) is 14.7. The van der Waals surface area contributed by atoms with Crippen LogP contribution in [0, 0.1) is 37.5 Å². The Morgan fingerprint density at radius 2 is 1.12 bits per heavy atom. The largest absolute Gasteiger partial charge is 1.00 e. The summed E-state index contributed by atoms with van der Waals surface area (Å²) >= 11 is 0. The van der Waals surface area contributed by atoms with Gasteiger partial charge in [-0.15, -0.1) is 17.0 Å². The van der Waals surface area contributed by atoms with Crippen LogP contribution in [0.25, 0.3) is 0 Å². The summed E-state index contributed by atoms with van der Waals surface area (Å²) in [5.41, 5.74) is 4.66. The second-order valence-electron chi connectivity index (χ2n) is 7.46. The van der Waals surface area contributed by atoms with Crippen molar-refractivity contribution in [1.29, 1.82) is 0 Å². The standard InChI is InChI=1S/C28H30N2.2BrH/c1-25-14-7-11-22-29(25)20-9-3-5-16-27-18-13-19-28(24-27)17-6-4-10-21-30-23-12-8-15-26(30)2;;/h7-8,11-15,18-19,22-24H,3-4,9-10,20-21H2,1-2H3;2*1H/q+2;;/p-1. The average Bonchev–Trinajstić information content (AvgIpc) is 2.76. The number of pyridine rings is 2. The van der Waals surface area contributed by atoms with E-state index in [1.807, 2.05) is 6.07 Å². The molecule has 0 aliphatic heterocycles. The SMILES string of the molecule is Br.Cc1cccc[n+]1CCCC#Cc1cccc(C#CCCC[n+]2ccccc2C)c1.[Br-]. The zero-order valence-electron chi connectivity index (χ0n) is 18.9. The highest BCUT2D eigenvalue weighted by Gasteiger charge is 2.03. The van der Waals surface area contributed by atoms with Gasteiger partial charge in [-0.1, -0.05) is 41.9 Å². The van der Waals surface area contributed by atoms with E-state index in [4.69, 9.17) is 0 Å². The fourth-order valence-corrected chi connectivity index (χ4v) is 3.30. The molecule has 32 heavy (non-hydrogen) atoms. The Morgan fingerprint density at radius 3 is 1.56 bits per heavy atom. The van der Waals surface area contributed by atoms with Gasteiger partial charge < -0.3 is 17.0 Å². The van der Waals surface area contributed by atoms with Crippen molar-refractivity contribution in [2.75, 3.05) is 0 Å². The Hall–Kier alpha value is -2.40. The van der Waals surface area contributed by atoms with Gasteiger partial charge in [0.15, 0.2) is 23.8 Å². The van der Waals surface area contributed by atoms with Crippen LogP contribution < -0.4 is 26.1 Å². The number of rotatable bonds is 6. The predicted molar refractivity (Wildman–Crippen MR) is 132 cm³/mol. The van der Waals surface area contributed by atoms with Gasteiger partial charge in [-0.2, -0.15) is 0 Å². The summed E-state index contributed by atoms with van der Waals surface area (Å²) < 4.78 is 4.55. The lowest BCUT2D eigenvalue weighted by Gasteiger charge is -1.97. The van der Waals surface area contributed by atoms with Crippen molar-refractivity contribution >= 4 is 17.0 Å². The number of nitrogens with zero attached hydrogens (tertiary/aromatic N) is 2. The molecule has 166 valence electrons. The van der Waals surface area contributed by atoms with Gasteiger partial charge in [-0.3, -0.25) is 0 Å². The van der Waals surface area contributed by atoms with E-state index in [2.05, 4.69) is 114 Å². The summed E-state index contributed by atoms with van der Waals surface area (Å²) in [5, 5.41) is 0. The molecular formula is C28H31Br2N2+. The predicted octanol–water partition coefficient (Wildman–Crippen LogP) is 2.12. The molecule has 0 saturated heterocycles. The molecule has 0 amide bonds. The molecule has 1 aromatic carbocycles. The van der Waals surface area contributed by atoms with Gasteiger partial charge >= 0.3 is 0 Å². The van der Waals surface area contributed by atoms with Crippen molar-refractivity contribution in [2.24, 2.45) is 0 Å². The highest BCUT2D eigenvalue weighted by molar-refractivity contribution is 8.93. The Kier molecular flexibility index (Phi) is 13.3. The minimum Gasteiger partial charge on any atom is -1.00 e. The Bertz CT molecular complexity index is 1020. The lowest BCUT2D eigenvalue weighted by atomic mass is 10.1. The van der Waals surface area contributed by atoms with Crippen molar-refractivity contribution < 1.29 is 26.1 Å². The van der Waals surface area contributed by atoms with E-state index in [-0.39, 0.29) is 34.0 Å². The summed E-state index contributed by atoms with van der Waals surface area (Å²) in [6.07, 6.45) is 8.17. The first-order valence-corrected chi connectivity index (χ1v) is 10.7. The highest BCUT2D eigenvalue weighted by Crippen LogP contribution is 2.03. The highest BCUT2D eigenvalue weighted by atomic mass is 79.9. The number of benzene rings is 1. The minimum absolute atomic E-state index is 0. The second kappa shape index (κ2) is 15.4. The van der Waals surface area contributed by atoms with E-state index in [9.17, 15) is 0 Å². The number of halogens is 2. The Morgan fingerprint density at radius 1 is 0.656 bits per heavy atom. The summed E-state index contributed by atoms with van der Waals surface area (Å²) in [6, 6.07) is 20.8. The van der Waals surface area contributed by atoms with Gasteiger partial charge in [0, 0.05) is 74.9 Å². The topological polar surface area (TPSA) is 7.76 Å². The molecule has 0 bridgehead atoms. The van der Waals surface area contributed by atoms with Crippen molar-refractivity contribution in [1.82, 2.24) is 0 Å². The molecule has 4 heteroatoms.